The molecule has 1 N–H and O–H groups in total. The fraction of sp³-hybridized carbons (Fsp3) is 0.286. The van der Waals surface area contributed by atoms with Crippen LogP contribution in [0.2, 0.25) is 8.67 Å². The second kappa shape index (κ2) is 7.05. The first-order valence-electron chi connectivity index (χ1n) is 7.28. The number of hydrogen-bond acceptors (Lipinski definition) is 5. The Morgan fingerprint density at radius 2 is 1.72 bits per heavy atom. The van der Waals surface area contributed by atoms with Crippen LogP contribution in [0.1, 0.15) is 12.8 Å². The van der Waals surface area contributed by atoms with Crippen LogP contribution in [-0.4, -0.2) is 34.2 Å². The van der Waals surface area contributed by atoms with Crippen LogP contribution in [0.3, 0.4) is 0 Å². The van der Waals surface area contributed by atoms with Crippen molar-refractivity contribution in [1.82, 2.24) is 4.31 Å². The number of rotatable bonds is 5. The van der Waals surface area contributed by atoms with Gasteiger partial charge in [0, 0.05) is 13.1 Å². The highest BCUT2D eigenvalue weighted by Crippen LogP contribution is 2.35. The lowest BCUT2D eigenvalue weighted by molar-refractivity contribution is 0.477. The van der Waals surface area contributed by atoms with Crippen molar-refractivity contribution >= 4 is 60.3 Å². The van der Waals surface area contributed by atoms with Gasteiger partial charge < -0.3 is 0 Å². The minimum absolute atomic E-state index is 0.0401. The molecule has 6 nitrogen and oxygen atoms in total. The first-order chi connectivity index (χ1) is 11.7. The average molecular weight is 441 g/mol. The Morgan fingerprint density at radius 3 is 2.32 bits per heavy atom. The number of benzene rings is 1. The Kier molecular flexibility index (Phi) is 5.34. The largest absolute Gasteiger partial charge is 0.280 e. The van der Waals surface area contributed by atoms with Crippen LogP contribution in [0.5, 0.6) is 0 Å². The fourth-order valence-corrected chi connectivity index (χ4v) is 7.28. The minimum atomic E-state index is -3.97. The third-order valence-corrected chi connectivity index (χ3v) is 8.73. The molecule has 1 aromatic heterocycles. The predicted molar refractivity (Wildman–Crippen MR) is 99.6 cm³/mol. The number of anilines is 1. The normalized spacial score (nSPS) is 16.2. The molecule has 11 heteroatoms. The van der Waals surface area contributed by atoms with E-state index in [4.69, 9.17) is 23.2 Å². The molecule has 0 bridgehead atoms. The van der Waals surface area contributed by atoms with E-state index in [0.717, 1.165) is 24.2 Å². The van der Waals surface area contributed by atoms with Gasteiger partial charge in [0.05, 0.1) is 14.9 Å². The maximum atomic E-state index is 12.6. The first kappa shape index (κ1) is 18.9. The zero-order valence-corrected chi connectivity index (χ0v) is 16.7. The first-order valence-corrected chi connectivity index (χ1v) is 11.8. The van der Waals surface area contributed by atoms with E-state index in [1.54, 1.807) is 0 Å². The van der Waals surface area contributed by atoms with E-state index in [9.17, 15) is 16.8 Å². The number of sulfonamides is 2. The fourth-order valence-electron chi connectivity index (χ4n) is 2.52. The van der Waals surface area contributed by atoms with Crippen molar-refractivity contribution in [3.8, 4) is 0 Å². The maximum Gasteiger partial charge on any atom is 0.264 e. The maximum absolute atomic E-state index is 12.6. The van der Waals surface area contributed by atoms with Crippen molar-refractivity contribution in [3.05, 3.63) is 39.0 Å². The van der Waals surface area contributed by atoms with Crippen molar-refractivity contribution in [3.63, 3.8) is 0 Å². The summed E-state index contributed by atoms with van der Waals surface area (Å²) in [6, 6.07) is 6.96. The Hall–Kier alpha value is -0.840. The molecule has 0 saturated carbocycles. The lowest BCUT2D eigenvalue weighted by Crippen LogP contribution is -2.27. The van der Waals surface area contributed by atoms with E-state index in [2.05, 4.69) is 4.72 Å². The quantitative estimate of drug-likeness (QED) is 0.768. The summed E-state index contributed by atoms with van der Waals surface area (Å²) in [6.45, 7) is 0.947. The Bertz CT molecular complexity index is 997. The topological polar surface area (TPSA) is 83.5 Å². The third-order valence-electron chi connectivity index (χ3n) is 3.70. The highest BCUT2D eigenvalue weighted by Gasteiger charge is 2.28. The molecular weight excluding hydrogens is 427 g/mol. The molecule has 0 atom stereocenters. The van der Waals surface area contributed by atoms with Gasteiger partial charge in [0.1, 0.15) is 9.23 Å². The molecule has 25 heavy (non-hydrogen) atoms. The molecule has 1 fully saturated rings. The van der Waals surface area contributed by atoms with Crippen LogP contribution in [0, 0.1) is 0 Å². The van der Waals surface area contributed by atoms with Crippen LogP contribution < -0.4 is 4.72 Å². The van der Waals surface area contributed by atoms with Gasteiger partial charge >= 0.3 is 0 Å². The molecule has 0 aliphatic carbocycles. The van der Waals surface area contributed by atoms with E-state index in [-0.39, 0.29) is 24.2 Å². The van der Waals surface area contributed by atoms with Crippen LogP contribution in [0.25, 0.3) is 0 Å². The van der Waals surface area contributed by atoms with Crippen molar-refractivity contribution in [2.24, 2.45) is 0 Å². The second-order valence-electron chi connectivity index (χ2n) is 5.43. The van der Waals surface area contributed by atoms with Gasteiger partial charge in [0.15, 0.2) is 0 Å². The molecule has 0 radical (unpaired) electrons. The summed E-state index contributed by atoms with van der Waals surface area (Å²) in [7, 11) is -7.60. The molecular formula is C14H14Cl2N2O4S3. The number of hydrogen-bond donors (Lipinski definition) is 1. The molecule has 1 aliphatic rings. The highest BCUT2D eigenvalue weighted by molar-refractivity contribution is 7.93. The summed E-state index contributed by atoms with van der Waals surface area (Å²) in [6.07, 6.45) is 1.64. The van der Waals surface area contributed by atoms with Gasteiger partial charge in [-0.15, -0.1) is 11.3 Å². The van der Waals surface area contributed by atoms with E-state index in [1.165, 1.54) is 34.6 Å². The Labute approximate surface area is 160 Å². The molecule has 136 valence electrons. The molecule has 3 rings (SSSR count). The van der Waals surface area contributed by atoms with E-state index < -0.39 is 20.0 Å². The van der Waals surface area contributed by atoms with Crippen molar-refractivity contribution in [1.29, 1.82) is 0 Å². The molecule has 2 heterocycles. The standard InChI is InChI=1S/C14H14Cl2N2O4S3/c15-13-9-12(14(16)23-13)24(19,20)17-10-4-3-5-11(8-10)25(21,22)18-6-1-2-7-18/h3-5,8-9,17H,1-2,6-7H2. The smallest absolute Gasteiger partial charge is 0.264 e. The van der Waals surface area contributed by atoms with Gasteiger partial charge in [0.25, 0.3) is 10.0 Å². The van der Waals surface area contributed by atoms with Gasteiger partial charge in [-0.25, -0.2) is 16.8 Å². The summed E-state index contributed by atoms with van der Waals surface area (Å²) in [4.78, 5) is -0.0963. The Balaban J connectivity index is 1.91. The molecule has 2 aromatic rings. The summed E-state index contributed by atoms with van der Waals surface area (Å²) >= 11 is 12.6. The van der Waals surface area contributed by atoms with Crippen molar-refractivity contribution in [2.45, 2.75) is 22.6 Å². The van der Waals surface area contributed by atoms with Crippen LogP contribution >= 0.6 is 34.5 Å². The third kappa shape index (κ3) is 3.96. The average Bonchev–Trinajstić information content (AvgIpc) is 3.17. The van der Waals surface area contributed by atoms with Crippen LogP contribution in [-0.2, 0) is 20.0 Å². The Morgan fingerprint density at radius 1 is 1.04 bits per heavy atom. The number of nitrogens with zero attached hydrogens (tertiary/aromatic N) is 1. The lowest BCUT2D eigenvalue weighted by atomic mass is 10.3. The molecule has 0 unspecified atom stereocenters. The van der Waals surface area contributed by atoms with Gasteiger partial charge in [0.2, 0.25) is 10.0 Å². The summed E-state index contributed by atoms with van der Waals surface area (Å²) in [5, 5.41) is 0. The number of thiophene rings is 1. The zero-order valence-electron chi connectivity index (χ0n) is 12.8. The molecule has 1 saturated heterocycles. The van der Waals surface area contributed by atoms with Crippen molar-refractivity contribution in [2.75, 3.05) is 17.8 Å². The summed E-state index contributed by atoms with van der Waals surface area (Å²) < 4.78 is 54.1. The monoisotopic (exact) mass is 440 g/mol. The van der Waals surface area contributed by atoms with Gasteiger partial charge in [-0.3, -0.25) is 4.72 Å². The number of halogens is 2. The molecule has 1 aromatic carbocycles. The van der Waals surface area contributed by atoms with Gasteiger partial charge in [-0.1, -0.05) is 29.3 Å². The molecule has 1 aliphatic heterocycles. The van der Waals surface area contributed by atoms with Crippen LogP contribution in [0.4, 0.5) is 5.69 Å². The zero-order chi connectivity index (χ0) is 18.2. The van der Waals surface area contributed by atoms with Gasteiger partial charge in [-0.2, -0.15) is 4.31 Å². The number of nitrogens with one attached hydrogen (secondary N) is 1. The van der Waals surface area contributed by atoms with E-state index in [1.807, 2.05) is 0 Å². The summed E-state index contributed by atoms with van der Waals surface area (Å²) in [5.41, 5.74) is 0.138. The molecule has 0 amide bonds. The lowest BCUT2D eigenvalue weighted by Gasteiger charge is -2.16. The SMILES string of the molecule is O=S(=O)(Nc1cccc(S(=O)(=O)N2CCCC2)c1)c1cc(Cl)sc1Cl. The highest BCUT2D eigenvalue weighted by atomic mass is 35.5. The van der Waals surface area contributed by atoms with Gasteiger partial charge in [-0.05, 0) is 37.1 Å². The predicted octanol–water partition coefficient (Wildman–Crippen LogP) is 3.64. The van der Waals surface area contributed by atoms with E-state index in [0.29, 0.717) is 13.1 Å². The minimum Gasteiger partial charge on any atom is -0.280 e. The second-order valence-corrected chi connectivity index (χ2v) is 11.3. The summed E-state index contributed by atoms with van der Waals surface area (Å²) in [5.74, 6) is 0. The molecule has 0 spiro atoms. The van der Waals surface area contributed by atoms with Crippen molar-refractivity contribution < 1.29 is 16.8 Å². The van der Waals surface area contributed by atoms with E-state index >= 15 is 0 Å². The van der Waals surface area contributed by atoms with Crippen LogP contribution in [0.15, 0.2) is 40.1 Å².